The number of aromatic nitrogens is 1. The molecule has 1 fully saturated rings. The molecule has 0 aliphatic heterocycles. The van der Waals surface area contributed by atoms with E-state index in [4.69, 9.17) is 4.42 Å². The third-order valence-electron chi connectivity index (χ3n) is 2.74. The van der Waals surface area contributed by atoms with Gasteiger partial charge >= 0.3 is 0 Å². The Hall–Kier alpha value is -0.870. The molecule has 1 aliphatic carbocycles. The zero-order valence-corrected chi connectivity index (χ0v) is 9.31. The molecule has 1 aromatic heterocycles. The van der Waals surface area contributed by atoms with Crippen LogP contribution in [-0.4, -0.2) is 34.7 Å². The predicted octanol–water partition coefficient (Wildman–Crippen LogP) is 1.19. The second kappa shape index (κ2) is 4.33. The van der Waals surface area contributed by atoms with Crippen LogP contribution in [-0.2, 0) is 6.54 Å². The lowest BCUT2D eigenvalue weighted by Gasteiger charge is -2.18. The Morgan fingerprint density at radius 1 is 1.67 bits per heavy atom. The van der Waals surface area contributed by atoms with Gasteiger partial charge in [0.15, 0.2) is 0 Å². The highest BCUT2D eigenvalue weighted by atomic mass is 16.4. The number of aryl methyl sites for hydroxylation is 1. The van der Waals surface area contributed by atoms with Crippen LogP contribution in [0.25, 0.3) is 0 Å². The van der Waals surface area contributed by atoms with Crippen molar-refractivity contribution in [1.29, 1.82) is 0 Å². The highest BCUT2D eigenvalue weighted by Crippen LogP contribution is 2.32. The van der Waals surface area contributed by atoms with Gasteiger partial charge in [-0.05, 0) is 32.7 Å². The normalized spacial score (nSPS) is 18.4. The Labute approximate surface area is 89.9 Å². The van der Waals surface area contributed by atoms with Crippen molar-refractivity contribution >= 4 is 0 Å². The van der Waals surface area contributed by atoms with Crippen LogP contribution in [0.15, 0.2) is 10.6 Å². The maximum absolute atomic E-state index is 9.75. The summed E-state index contributed by atoms with van der Waals surface area (Å²) in [5.74, 6) is 2.08. The molecule has 1 aromatic rings. The van der Waals surface area contributed by atoms with Crippen LogP contribution < -0.4 is 0 Å². The summed E-state index contributed by atoms with van der Waals surface area (Å²) in [5, 5.41) is 9.75. The Morgan fingerprint density at radius 3 is 2.93 bits per heavy atom. The number of hydrogen-bond acceptors (Lipinski definition) is 4. The fraction of sp³-hybridized carbons (Fsp3) is 0.727. The molecule has 0 radical (unpaired) electrons. The van der Waals surface area contributed by atoms with E-state index in [2.05, 4.69) is 4.98 Å². The van der Waals surface area contributed by atoms with E-state index in [-0.39, 0.29) is 6.10 Å². The first kappa shape index (κ1) is 10.6. The number of nitrogens with zero attached hydrogens (tertiary/aromatic N) is 2. The molecule has 4 heteroatoms. The maximum Gasteiger partial charge on any atom is 0.208 e. The van der Waals surface area contributed by atoms with Gasteiger partial charge in [-0.1, -0.05) is 0 Å². The van der Waals surface area contributed by atoms with Crippen molar-refractivity contribution in [3.8, 4) is 0 Å². The standard InChI is InChI=1S/C11H18N2O2/c1-8-5-12-11(15-8)7-13(2)6-10(14)9-3-4-9/h5,9-10,14H,3-4,6-7H2,1-2H3. The smallest absolute Gasteiger partial charge is 0.208 e. The van der Waals surface area contributed by atoms with Gasteiger partial charge in [0.1, 0.15) is 5.76 Å². The van der Waals surface area contributed by atoms with Gasteiger partial charge in [0.25, 0.3) is 0 Å². The van der Waals surface area contributed by atoms with Crippen molar-refractivity contribution in [2.24, 2.45) is 5.92 Å². The fourth-order valence-electron chi connectivity index (χ4n) is 1.72. The van der Waals surface area contributed by atoms with Crippen molar-refractivity contribution in [1.82, 2.24) is 9.88 Å². The zero-order valence-electron chi connectivity index (χ0n) is 9.31. The first-order valence-electron chi connectivity index (χ1n) is 5.43. The predicted molar refractivity (Wildman–Crippen MR) is 56.3 cm³/mol. The fourth-order valence-corrected chi connectivity index (χ4v) is 1.72. The molecule has 0 bridgehead atoms. The van der Waals surface area contributed by atoms with Gasteiger partial charge in [-0.2, -0.15) is 0 Å². The lowest BCUT2D eigenvalue weighted by Crippen LogP contribution is -2.30. The Morgan fingerprint density at radius 2 is 2.40 bits per heavy atom. The molecule has 1 atom stereocenters. The lowest BCUT2D eigenvalue weighted by atomic mass is 10.2. The molecule has 0 saturated heterocycles. The number of hydrogen-bond donors (Lipinski definition) is 1. The summed E-state index contributed by atoms with van der Waals surface area (Å²) in [6, 6.07) is 0. The highest BCUT2D eigenvalue weighted by Gasteiger charge is 2.30. The molecule has 0 amide bonds. The molecule has 0 spiro atoms. The van der Waals surface area contributed by atoms with Crippen molar-refractivity contribution in [2.45, 2.75) is 32.4 Å². The molecule has 0 aromatic carbocycles. The molecular formula is C11H18N2O2. The van der Waals surface area contributed by atoms with Crippen molar-refractivity contribution in [2.75, 3.05) is 13.6 Å². The molecule has 1 saturated carbocycles. The summed E-state index contributed by atoms with van der Waals surface area (Å²) in [7, 11) is 1.98. The SMILES string of the molecule is Cc1cnc(CN(C)CC(O)C2CC2)o1. The van der Waals surface area contributed by atoms with Crippen LogP contribution in [0.2, 0.25) is 0 Å². The van der Waals surface area contributed by atoms with E-state index in [0.717, 1.165) is 11.7 Å². The van der Waals surface area contributed by atoms with Gasteiger partial charge in [-0.3, -0.25) is 4.90 Å². The lowest BCUT2D eigenvalue weighted by molar-refractivity contribution is 0.100. The third kappa shape index (κ3) is 3.04. The van der Waals surface area contributed by atoms with Crippen LogP contribution in [0.3, 0.4) is 0 Å². The van der Waals surface area contributed by atoms with Crippen molar-refractivity contribution in [3.63, 3.8) is 0 Å². The zero-order chi connectivity index (χ0) is 10.8. The van der Waals surface area contributed by atoms with E-state index in [9.17, 15) is 5.11 Å². The molecule has 84 valence electrons. The second-order valence-corrected chi connectivity index (χ2v) is 4.47. The van der Waals surface area contributed by atoms with E-state index < -0.39 is 0 Å². The van der Waals surface area contributed by atoms with Crippen LogP contribution in [0.4, 0.5) is 0 Å². The molecule has 1 heterocycles. The molecular weight excluding hydrogens is 192 g/mol. The minimum absolute atomic E-state index is 0.189. The Kier molecular flexibility index (Phi) is 3.07. The number of rotatable bonds is 5. The molecule has 1 unspecified atom stereocenters. The minimum Gasteiger partial charge on any atom is -0.445 e. The van der Waals surface area contributed by atoms with Gasteiger partial charge in [0.05, 0.1) is 18.8 Å². The van der Waals surface area contributed by atoms with Crippen LogP contribution in [0, 0.1) is 12.8 Å². The van der Waals surface area contributed by atoms with Crippen LogP contribution in [0.1, 0.15) is 24.5 Å². The monoisotopic (exact) mass is 210 g/mol. The van der Waals surface area contributed by atoms with Crippen LogP contribution in [0.5, 0.6) is 0 Å². The van der Waals surface area contributed by atoms with Crippen LogP contribution >= 0.6 is 0 Å². The van der Waals surface area contributed by atoms with Gasteiger partial charge in [0.2, 0.25) is 5.89 Å². The number of likely N-dealkylation sites (N-methyl/N-ethyl adjacent to an activating group) is 1. The largest absolute Gasteiger partial charge is 0.445 e. The van der Waals surface area contributed by atoms with E-state index in [0.29, 0.717) is 19.0 Å². The molecule has 4 nitrogen and oxygen atoms in total. The minimum atomic E-state index is -0.189. The molecule has 2 rings (SSSR count). The summed E-state index contributed by atoms with van der Waals surface area (Å²) in [5.41, 5.74) is 0. The summed E-state index contributed by atoms with van der Waals surface area (Å²) < 4.78 is 5.38. The Bertz CT molecular complexity index is 320. The number of aliphatic hydroxyl groups excluding tert-OH is 1. The van der Waals surface area contributed by atoms with Gasteiger partial charge in [0, 0.05) is 6.54 Å². The third-order valence-corrected chi connectivity index (χ3v) is 2.74. The molecule has 15 heavy (non-hydrogen) atoms. The van der Waals surface area contributed by atoms with E-state index in [1.54, 1.807) is 6.20 Å². The molecule has 1 N–H and O–H groups in total. The Balaban J connectivity index is 1.78. The quantitative estimate of drug-likeness (QED) is 0.793. The number of oxazole rings is 1. The average Bonchev–Trinajstić information content (AvgIpc) is 2.92. The first-order valence-corrected chi connectivity index (χ1v) is 5.43. The second-order valence-electron chi connectivity index (χ2n) is 4.47. The summed E-state index contributed by atoms with van der Waals surface area (Å²) in [6.07, 6.45) is 3.88. The summed E-state index contributed by atoms with van der Waals surface area (Å²) in [6.45, 7) is 3.25. The first-order chi connectivity index (χ1) is 7.15. The van der Waals surface area contributed by atoms with Gasteiger partial charge in [-0.15, -0.1) is 0 Å². The van der Waals surface area contributed by atoms with Crippen molar-refractivity contribution in [3.05, 3.63) is 17.8 Å². The van der Waals surface area contributed by atoms with Crippen molar-refractivity contribution < 1.29 is 9.52 Å². The summed E-state index contributed by atoms with van der Waals surface area (Å²) in [4.78, 5) is 6.18. The highest BCUT2D eigenvalue weighted by molar-refractivity contribution is 4.91. The van der Waals surface area contributed by atoms with E-state index in [1.165, 1.54) is 12.8 Å². The number of aliphatic hydroxyl groups is 1. The van der Waals surface area contributed by atoms with Gasteiger partial charge < -0.3 is 9.52 Å². The topological polar surface area (TPSA) is 49.5 Å². The maximum atomic E-state index is 9.75. The summed E-state index contributed by atoms with van der Waals surface area (Å²) >= 11 is 0. The van der Waals surface area contributed by atoms with E-state index in [1.807, 2.05) is 18.9 Å². The van der Waals surface area contributed by atoms with E-state index >= 15 is 0 Å². The average molecular weight is 210 g/mol. The molecule has 1 aliphatic rings. The van der Waals surface area contributed by atoms with Gasteiger partial charge in [-0.25, -0.2) is 4.98 Å².